The van der Waals surface area contributed by atoms with E-state index in [0.29, 0.717) is 31.4 Å². The van der Waals surface area contributed by atoms with Crippen molar-refractivity contribution in [3.8, 4) is 0 Å². The highest BCUT2D eigenvalue weighted by Gasteiger charge is 2.38. The number of amides is 2. The summed E-state index contributed by atoms with van der Waals surface area (Å²) in [6.07, 6.45) is 4.06. The molecule has 2 amide bonds. The van der Waals surface area contributed by atoms with Crippen molar-refractivity contribution in [2.75, 3.05) is 33.4 Å². The molecule has 19 heavy (non-hydrogen) atoms. The maximum atomic E-state index is 12.2. The predicted molar refractivity (Wildman–Crippen MR) is 69.4 cm³/mol. The Bertz CT molecular complexity index is 381. The minimum Gasteiger partial charge on any atom is -0.371 e. The Labute approximate surface area is 113 Å². The van der Waals surface area contributed by atoms with Gasteiger partial charge in [-0.3, -0.25) is 9.59 Å². The molecule has 1 aliphatic carbocycles. The van der Waals surface area contributed by atoms with Crippen LogP contribution < -0.4 is 0 Å². The first-order valence-corrected chi connectivity index (χ1v) is 7.26. The van der Waals surface area contributed by atoms with Gasteiger partial charge < -0.3 is 14.5 Å². The molecule has 2 aliphatic heterocycles. The van der Waals surface area contributed by atoms with E-state index in [1.807, 2.05) is 11.9 Å². The van der Waals surface area contributed by atoms with E-state index >= 15 is 0 Å². The SMILES string of the molecule is CN1C(=O)COC[C@@H]2CCN(C(=O)CC3CC3)C[C@@H]21. The second-order valence-corrected chi connectivity index (χ2v) is 6.12. The molecular formula is C14H22N2O3. The smallest absolute Gasteiger partial charge is 0.248 e. The van der Waals surface area contributed by atoms with Gasteiger partial charge in [0.1, 0.15) is 6.61 Å². The highest BCUT2D eigenvalue weighted by atomic mass is 16.5. The molecule has 1 saturated carbocycles. The van der Waals surface area contributed by atoms with Gasteiger partial charge in [-0.2, -0.15) is 0 Å². The third-order valence-electron chi connectivity index (χ3n) is 4.68. The number of ether oxygens (including phenoxy) is 1. The Kier molecular flexibility index (Phi) is 3.48. The predicted octanol–water partition coefficient (Wildman–Crippen LogP) is 0.492. The Morgan fingerprint density at radius 1 is 1.37 bits per heavy atom. The summed E-state index contributed by atoms with van der Waals surface area (Å²) in [5.41, 5.74) is 0. The molecular weight excluding hydrogens is 244 g/mol. The number of likely N-dealkylation sites (N-methyl/N-ethyl adjacent to an activating group) is 1. The minimum absolute atomic E-state index is 0.0315. The van der Waals surface area contributed by atoms with Crippen molar-refractivity contribution in [1.82, 2.24) is 9.80 Å². The first kappa shape index (κ1) is 12.9. The molecule has 2 atom stereocenters. The lowest BCUT2D eigenvalue weighted by molar-refractivity contribution is -0.139. The van der Waals surface area contributed by atoms with Crippen molar-refractivity contribution >= 4 is 11.8 Å². The molecule has 0 spiro atoms. The van der Waals surface area contributed by atoms with Crippen molar-refractivity contribution in [2.24, 2.45) is 11.8 Å². The number of carbonyl (C=O) groups excluding carboxylic acids is 2. The Balaban J connectivity index is 1.65. The third kappa shape index (κ3) is 2.76. The van der Waals surface area contributed by atoms with Crippen molar-refractivity contribution in [3.63, 3.8) is 0 Å². The van der Waals surface area contributed by atoms with Crippen LogP contribution in [0.1, 0.15) is 25.7 Å². The van der Waals surface area contributed by atoms with Gasteiger partial charge in [0.05, 0.1) is 12.6 Å². The minimum atomic E-state index is 0.0315. The van der Waals surface area contributed by atoms with Gasteiger partial charge in [-0.05, 0) is 25.2 Å². The zero-order valence-electron chi connectivity index (χ0n) is 11.5. The molecule has 3 aliphatic rings. The first-order valence-electron chi connectivity index (χ1n) is 7.26. The zero-order valence-corrected chi connectivity index (χ0v) is 11.5. The van der Waals surface area contributed by atoms with E-state index in [2.05, 4.69) is 0 Å². The summed E-state index contributed by atoms with van der Waals surface area (Å²) in [7, 11) is 1.84. The Morgan fingerprint density at radius 3 is 2.89 bits per heavy atom. The van der Waals surface area contributed by atoms with Crippen molar-refractivity contribution in [3.05, 3.63) is 0 Å². The van der Waals surface area contributed by atoms with E-state index in [4.69, 9.17) is 4.74 Å². The molecule has 0 aromatic carbocycles. The monoisotopic (exact) mass is 266 g/mol. The van der Waals surface area contributed by atoms with E-state index < -0.39 is 0 Å². The van der Waals surface area contributed by atoms with Crippen molar-refractivity contribution in [1.29, 1.82) is 0 Å². The maximum absolute atomic E-state index is 12.2. The molecule has 3 fully saturated rings. The van der Waals surface area contributed by atoms with Crippen LogP contribution in [0.3, 0.4) is 0 Å². The van der Waals surface area contributed by atoms with Crippen LogP contribution in [0.4, 0.5) is 0 Å². The third-order valence-corrected chi connectivity index (χ3v) is 4.68. The number of rotatable bonds is 2. The molecule has 0 aromatic rings. The van der Waals surface area contributed by atoms with Gasteiger partial charge in [-0.1, -0.05) is 0 Å². The summed E-state index contributed by atoms with van der Waals surface area (Å²) >= 11 is 0. The van der Waals surface area contributed by atoms with Gasteiger partial charge in [0.2, 0.25) is 11.8 Å². The number of likely N-dealkylation sites (tertiary alicyclic amines) is 1. The summed E-state index contributed by atoms with van der Waals surface area (Å²) in [5.74, 6) is 1.31. The quantitative estimate of drug-likeness (QED) is 0.731. The van der Waals surface area contributed by atoms with Crippen LogP contribution in [0, 0.1) is 11.8 Å². The second kappa shape index (κ2) is 5.12. The van der Waals surface area contributed by atoms with Gasteiger partial charge in [-0.15, -0.1) is 0 Å². The first-order chi connectivity index (χ1) is 9.15. The molecule has 5 heteroatoms. The molecule has 5 nitrogen and oxygen atoms in total. The number of piperidine rings is 1. The lowest BCUT2D eigenvalue weighted by Gasteiger charge is -2.41. The summed E-state index contributed by atoms with van der Waals surface area (Å²) in [6, 6.07) is 0.131. The van der Waals surface area contributed by atoms with Crippen LogP contribution in [0.15, 0.2) is 0 Å². The van der Waals surface area contributed by atoms with E-state index in [1.54, 1.807) is 4.90 Å². The van der Waals surface area contributed by atoms with Crippen LogP contribution in [0.25, 0.3) is 0 Å². The van der Waals surface area contributed by atoms with Gasteiger partial charge in [0.15, 0.2) is 0 Å². The van der Waals surface area contributed by atoms with Crippen LogP contribution >= 0.6 is 0 Å². The Hall–Kier alpha value is -1.10. The van der Waals surface area contributed by atoms with Crippen molar-refractivity contribution < 1.29 is 14.3 Å². The standard InChI is InChI=1S/C14H22N2O3/c1-15-12-7-16(13(17)6-10-2-3-10)5-4-11(12)8-19-9-14(15)18/h10-12H,2-9H2,1H3/t11-,12-/m0/s1. The molecule has 106 valence electrons. The second-order valence-electron chi connectivity index (χ2n) is 6.12. The fourth-order valence-electron chi connectivity index (χ4n) is 3.12. The molecule has 0 aromatic heterocycles. The van der Waals surface area contributed by atoms with Crippen molar-refractivity contribution in [2.45, 2.75) is 31.7 Å². The summed E-state index contributed by atoms with van der Waals surface area (Å²) in [6.45, 7) is 2.32. The van der Waals surface area contributed by atoms with E-state index in [-0.39, 0.29) is 24.5 Å². The summed E-state index contributed by atoms with van der Waals surface area (Å²) < 4.78 is 5.42. The van der Waals surface area contributed by atoms with E-state index in [1.165, 1.54) is 12.8 Å². The number of fused-ring (bicyclic) bond motifs is 1. The van der Waals surface area contributed by atoms with Crippen LogP contribution in [-0.2, 0) is 14.3 Å². The number of hydrogen-bond acceptors (Lipinski definition) is 3. The highest BCUT2D eigenvalue weighted by molar-refractivity contribution is 5.79. The molecule has 0 N–H and O–H groups in total. The fourth-order valence-corrected chi connectivity index (χ4v) is 3.12. The number of hydrogen-bond donors (Lipinski definition) is 0. The van der Waals surface area contributed by atoms with Crippen LogP contribution in [0.2, 0.25) is 0 Å². The van der Waals surface area contributed by atoms with E-state index in [0.717, 1.165) is 13.0 Å². The van der Waals surface area contributed by atoms with Gasteiger partial charge >= 0.3 is 0 Å². The zero-order chi connectivity index (χ0) is 13.4. The average molecular weight is 266 g/mol. The molecule has 2 heterocycles. The van der Waals surface area contributed by atoms with E-state index in [9.17, 15) is 9.59 Å². The molecule has 0 unspecified atom stereocenters. The molecule has 2 saturated heterocycles. The summed E-state index contributed by atoms with van der Waals surface area (Å²) in [5, 5.41) is 0. The van der Waals surface area contributed by atoms with Gasteiger partial charge in [-0.25, -0.2) is 0 Å². The lowest BCUT2D eigenvalue weighted by Crippen LogP contribution is -2.54. The average Bonchev–Trinajstić information content (AvgIpc) is 3.21. The summed E-state index contributed by atoms with van der Waals surface area (Å²) in [4.78, 5) is 27.8. The topological polar surface area (TPSA) is 49.9 Å². The maximum Gasteiger partial charge on any atom is 0.248 e. The van der Waals surface area contributed by atoms with Gasteiger partial charge in [0.25, 0.3) is 0 Å². The molecule has 3 rings (SSSR count). The largest absolute Gasteiger partial charge is 0.371 e. The number of carbonyl (C=O) groups is 2. The lowest BCUT2D eigenvalue weighted by atomic mass is 9.91. The van der Waals surface area contributed by atoms with Crippen LogP contribution in [0.5, 0.6) is 0 Å². The normalized spacial score (nSPS) is 31.9. The molecule has 0 bridgehead atoms. The number of nitrogens with zero attached hydrogens (tertiary/aromatic N) is 2. The van der Waals surface area contributed by atoms with Gasteiger partial charge in [0, 0.05) is 32.5 Å². The fraction of sp³-hybridized carbons (Fsp3) is 0.857. The van der Waals surface area contributed by atoms with Crippen LogP contribution in [-0.4, -0.2) is 61.0 Å². The Morgan fingerprint density at radius 2 is 2.16 bits per heavy atom. The molecule has 0 radical (unpaired) electrons. The highest BCUT2D eigenvalue weighted by Crippen LogP contribution is 2.34.